The van der Waals surface area contributed by atoms with Crippen molar-refractivity contribution in [3.63, 3.8) is 0 Å². The lowest BCUT2D eigenvalue weighted by molar-refractivity contribution is 0.167. The summed E-state index contributed by atoms with van der Waals surface area (Å²) < 4.78 is 15.5. The van der Waals surface area contributed by atoms with Gasteiger partial charge in [-0.3, -0.25) is 9.58 Å². The molecule has 1 aromatic carbocycles. The fourth-order valence-corrected chi connectivity index (χ4v) is 3.11. The number of halogens is 1. The van der Waals surface area contributed by atoms with Gasteiger partial charge in [-0.25, -0.2) is 4.39 Å². The van der Waals surface area contributed by atoms with Crippen LogP contribution in [0.4, 0.5) is 4.39 Å². The molecule has 2 heterocycles. The molecule has 0 spiro atoms. The summed E-state index contributed by atoms with van der Waals surface area (Å²) in [5.74, 6) is -0.182. The van der Waals surface area contributed by atoms with Crippen LogP contribution in [0.3, 0.4) is 0 Å². The number of aryl methyl sites for hydroxylation is 2. The molecular formula is C18H24FN3O. The average molecular weight is 317 g/mol. The van der Waals surface area contributed by atoms with Gasteiger partial charge >= 0.3 is 0 Å². The standard InChI is InChI=1S/C18H24FN3O/c1-3-18(23)17-10-16-12-21(7-4-8-22(16)20-17)11-14-9-15(19)6-5-13(14)2/h5-6,9-10,18,23H,3-4,7-8,11-12H2,1-2H3/t18-/m1/s1. The van der Waals surface area contributed by atoms with Gasteiger partial charge in [0.1, 0.15) is 5.82 Å². The number of benzene rings is 1. The van der Waals surface area contributed by atoms with E-state index in [1.54, 1.807) is 6.07 Å². The molecule has 2 aromatic rings. The summed E-state index contributed by atoms with van der Waals surface area (Å²) in [6.07, 6.45) is 1.18. The molecule has 1 aliphatic heterocycles. The number of fused-ring (bicyclic) bond motifs is 1. The van der Waals surface area contributed by atoms with Crippen molar-refractivity contribution in [3.05, 3.63) is 52.6 Å². The van der Waals surface area contributed by atoms with E-state index in [4.69, 9.17) is 0 Å². The van der Waals surface area contributed by atoms with Crippen LogP contribution in [0.2, 0.25) is 0 Å². The van der Waals surface area contributed by atoms with Crippen LogP contribution in [0.1, 0.15) is 48.4 Å². The summed E-state index contributed by atoms with van der Waals surface area (Å²) in [4.78, 5) is 2.32. The first-order valence-electron chi connectivity index (χ1n) is 8.29. The summed E-state index contributed by atoms with van der Waals surface area (Å²) >= 11 is 0. The first-order valence-corrected chi connectivity index (χ1v) is 8.29. The number of hydrogen-bond acceptors (Lipinski definition) is 3. The van der Waals surface area contributed by atoms with Crippen molar-refractivity contribution in [2.45, 2.75) is 52.4 Å². The highest BCUT2D eigenvalue weighted by molar-refractivity contribution is 5.26. The predicted octanol–water partition coefficient (Wildman–Crippen LogP) is 3.18. The minimum atomic E-state index is -0.492. The van der Waals surface area contributed by atoms with Crippen LogP contribution in [0.5, 0.6) is 0 Å². The Morgan fingerprint density at radius 1 is 1.30 bits per heavy atom. The van der Waals surface area contributed by atoms with Gasteiger partial charge in [-0.15, -0.1) is 0 Å². The lowest BCUT2D eigenvalue weighted by Gasteiger charge is -2.20. The van der Waals surface area contributed by atoms with Gasteiger partial charge in [0.05, 0.1) is 17.5 Å². The third kappa shape index (κ3) is 3.62. The Balaban J connectivity index is 1.78. The summed E-state index contributed by atoms with van der Waals surface area (Å²) in [6, 6.07) is 6.98. The maximum atomic E-state index is 13.5. The molecule has 4 nitrogen and oxygen atoms in total. The molecule has 0 unspecified atom stereocenters. The summed E-state index contributed by atoms with van der Waals surface area (Å²) in [6.45, 7) is 7.32. The van der Waals surface area contributed by atoms with Crippen LogP contribution >= 0.6 is 0 Å². The first kappa shape index (κ1) is 16.1. The molecular weight excluding hydrogens is 293 g/mol. The fourth-order valence-electron chi connectivity index (χ4n) is 3.11. The van der Waals surface area contributed by atoms with E-state index >= 15 is 0 Å². The van der Waals surface area contributed by atoms with E-state index < -0.39 is 6.10 Å². The van der Waals surface area contributed by atoms with E-state index in [2.05, 4.69) is 10.00 Å². The number of nitrogens with zero attached hydrogens (tertiary/aromatic N) is 3. The topological polar surface area (TPSA) is 41.3 Å². The zero-order valence-electron chi connectivity index (χ0n) is 13.8. The maximum absolute atomic E-state index is 13.5. The minimum Gasteiger partial charge on any atom is -0.387 e. The van der Waals surface area contributed by atoms with Crippen molar-refractivity contribution < 1.29 is 9.50 Å². The van der Waals surface area contributed by atoms with Crippen LogP contribution in [-0.2, 0) is 19.6 Å². The number of aliphatic hydroxyl groups excluding tert-OH is 1. The molecule has 5 heteroatoms. The molecule has 0 aliphatic carbocycles. The molecule has 1 atom stereocenters. The van der Waals surface area contributed by atoms with Crippen LogP contribution in [-0.4, -0.2) is 26.3 Å². The molecule has 0 amide bonds. The van der Waals surface area contributed by atoms with Gasteiger partial charge in [0.15, 0.2) is 0 Å². The van der Waals surface area contributed by atoms with E-state index in [-0.39, 0.29) is 5.82 Å². The van der Waals surface area contributed by atoms with Crippen molar-refractivity contribution in [2.24, 2.45) is 0 Å². The van der Waals surface area contributed by atoms with Crippen LogP contribution < -0.4 is 0 Å². The van der Waals surface area contributed by atoms with E-state index in [0.717, 1.165) is 55.1 Å². The number of rotatable bonds is 4. The van der Waals surface area contributed by atoms with E-state index in [1.165, 1.54) is 6.07 Å². The fraction of sp³-hybridized carbons (Fsp3) is 0.500. The molecule has 1 aliphatic rings. The third-order valence-electron chi connectivity index (χ3n) is 4.55. The van der Waals surface area contributed by atoms with Crippen LogP contribution in [0.15, 0.2) is 24.3 Å². The Morgan fingerprint density at radius 2 is 2.13 bits per heavy atom. The lowest BCUT2D eigenvalue weighted by Crippen LogP contribution is -2.23. The SMILES string of the molecule is CC[C@@H](O)c1cc2n(n1)CCCN(Cc1cc(F)ccc1C)C2. The Morgan fingerprint density at radius 3 is 2.91 bits per heavy atom. The van der Waals surface area contributed by atoms with Gasteiger partial charge in [-0.05, 0) is 49.1 Å². The smallest absolute Gasteiger partial charge is 0.123 e. The Hall–Kier alpha value is -1.72. The minimum absolute atomic E-state index is 0.182. The molecule has 23 heavy (non-hydrogen) atoms. The Kier molecular flexibility index (Phi) is 4.78. The summed E-state index contributed by atoms with van der Waals surface area (Å²) in [7, 11) is 0. The molecule has 0 fully saturated rings. The van der Waals surface area contributed by atoms with Gasteiger partial charge in [0, 0.05) is 26.2 Å². The lowest BCUT2D eigenvalue weighted by atomic mass is 10.1. The van der Waals surface area contributed by atoms with E-state index in [0.29, 0.717) is 6.42 Å². The van der Waals surface area contributed by atoms with Gasteiger partial charge in [0.2, 0.25) is 0 Å². The number of aromatic nitrogens is 2. The summed E-state index contributed by atoms with van der Waals surface area (Å²) in [5, 5.41) is 14.5. The Bertz CT molecular complexity index is 683. The van der Waals surface area contributed by atoms with Gasteiger partial charge in [-0.1, -0.05) is 13.0 Å². The van der Waals surface area contributed by atoms with Gasteiger partial charge in [-0.2, -0.15) is 5.10 Å². The van der Waals surface area contributed by atoms with Crippen molar-refractivity contribution in [3.8, 4) is 0 Å². The first-order chi connectivity index (χ1) is 11.1. The number of hydrogen-bond donors (Lipinski definition) is 1. The van der Waals surface area contributed by atoms with Crippen LogP contribution in [0.25, 0.3) is 0 Å². The highest BCUT2D eigenvalue weighted by atomic mass is 19.1. The monoisotopic (exact) mass is 317 g/mol. The van der Waals surface area contributed by atoms with E-state index in [1.807, 2.05) is 30.7 Å². The normalized spacial score (nSPS) is 16.9. The molecule has 0 saturated carbocycles. The zero-order chi connectivity index (χ0) is 16.4. The molecule has 0 radical (unpaired) electrons. The van der Waals surface area contributed by atoms with E-state index in [9.17, 15) is 9.50 Å². The summed E-state index contributed by atoms with van der Waals surface area (Å²) in [5.41, 5.74) is 4.03. The van der Waals surface area contributed by atoms with Crippen molar-refractivity contribution in [1.82, 2.24) is 14.7 Å². The predicted molar refractivity (Wildman–Crippen MR) is 87.3 cm³/mol. The molecule has 3 rings (SSSR count). The van der Waals surface area contributed by atoms with Crippen molar-refractivity contribution >= 4 is 0 Å². The highest BCUT2D eigenvalue weighted by Gasteiger charge is 2.19. The second-order valence-corrected chi connectivity index (χ2v) is 6.34. The quantitative estimate of drug-likeness (QED) is 0.941. The largest absolute Gasteiger partial charge is 0.387 e. The second kappa shape index (κ2) is 6.81. The third-order valence-corrected chi connectivity index (χ3v) is 4.55. The van der Waals surface area contributed by atoms with Crippen molar-refractivity contribution in [1.29, 1.82) is 0 Å². The molecule has 1 N–H and O–H groups in total. The zero-order valence-corrected chi connectivity index (χ0v) is 13.8. The molecule has 1 aromatic heterocycles. The van der Waals surface area contributed by atoms with Crippen molar-refractivity contribution in [2.75, 3.05) is 6.54 Å². The van der Waals surface area contributed by atoms with Gasteiger partial charge in [0.25, 0.3) is 0 Å². The average Bonchev–Trinajstić information content (AvgIpc) is 2.83. The van der Waals surface area contributed by atoms with Gasteiger partial charge < -0.3 is 5.11 Å². The maximum Gasteiger partial charge on any atom is 0.123 e. The second-order valence-electron chi connectivity index (χ2n) is 6.34. The molecule has 0 bridgehead atoms. The highest BCUT2D eigenvalue weighted by Crippen LogP contribution is 2.21. The number of aliphatic hydroxyl groups is 1. The Labute approximate surface area is 136 Å². The molecule has 124 valence electrons. The molecule has 0 saturated heterocycles. The van der Waals surface area contributed by atoms with Crippen LogP contribution in [0, 0.1) is 12.7 Å².